The van der Waals surface area contributed by atoms with E-state index in [1.54, 1.807) is 13.0 Å². The number of carbonyl (C=O) groups is 1. The molecule has 0 fully saturated rings. The molecule has 3 rings (SSSR count). The lowest BCUT2D eigenvalue weighted by atomic mass is 10.0. The van der Waals surface area contributed by atoms with Gasteiger partial charge in [0.15, 0.2) is 0 Å². The number of rotatable bonds is 4. The highest BCUT2D eigenvalue weighted by Crippen LogP contribution is 2.21. The van der Waals surface area contributed by atoms with Gasteiger partial charge in [-0.15, -0.1) is 10.2 Å². The molecule has 1 heterocycles. The maximum absolute atomic E-state index is 12.6. The molecule has 0 aliphatic heterocycles. The molecule has 5 heteroatoms. The molecule has 0 bridgehead atoms. The third-order valence-corrected chi connectivity index (χ3v) is 3.59. The van der Waals surface area contributed by atoms with Crippen LogP contribution in [0.4, 0.5) is 0 Å². The summed E-state index contributed by atoms with van der Waals surface area (Å²) in [6, 6.07) is 16.5. The zero-order chi connectivity index (χ0) is 16.2. The van der Waals surface area contributed by atoms with Crippen molar-refractivity contribution < 1.29 is 9.21 Å². The molecule has 0 spiro atoms. The molecule has 1 amide bonds. The molecule has 23 heavy (non-hydrogen) atoms. The minimum Gasteiger partial charge on any atom is -0.423 e. The molecule has 0 saturated heterocycles. The number of nitrogens with one attached hydrogen (secondary N) is 1. The highest BCUT2D eigenvalue weighted by Gasteiger charge is 2.23. The molecule has 1 atom stereocenters. The fraction of sp³-hybridized carbons (Fsp3) is 0.167. The lowest BCUT2D eigenvalue weighted by Gasteiger charge is -2.16. The Hall–Kier alpha value is -2.95. The Morgan fingerprint density at radius 1 is 1.00 bits per heavy atom. The van der Waals surface area contributed by atoms with Crippen LogP contribution in [-0.4, -0.2) is 16.1 Å². The second-order valence-corrected chi connectivity index (χ2v) is 5.29. The second kappa shape index (κ2) is 6.44. The van der Waals surface area contributed by atoms with Gasteiger partial charge >= 0.3 is 0 Å². The molecular formula is C18H17N3O2. The van der Waals surface area contributed by atoms with E-state index in [0.29, 0.717) is 17.3 Å². The molecule has 5 nitrogen and oxygen atoms in total. The first-order chi connectivity index (χ1) is 11.1. The van der Waals surface area contributed by atoms with Crippen molar-refractivity contribution in [2.45, 2.75) is 19.9 Å². The highest BCUT2D eigenvalue weighted by atomic mass is 16.4. The molecule has 1 unspecified atom stereocenters. The van der Waals surface area contributed by atoms with Gasteiger partial charge in [-0.25, -0.2) is 0 Å². The fourth-order valence-corrected chi connectivity index (χ4v) is 2.40. The van der Waals surface area contributed by atoms with E-state index < -0.39 is 6.04 Å². The highest BCUT2D eigenvalue weighted by molar-refractivity contribution is 5.96. The van der Waals surface area contributed by atoms with Gasteiger partial charge in [0.05, 0.1) is 0 Å². The van der Waals surface area contributed by atoms with Crippen LogP contribution in [0, 0.1) is 13.8 Å². The minimum absolute atomic E-state index is 0.173. The van der Waals surface area contributed by atoms with Crippen LogP contribution in [0.1, 0.15) is 39.3 Å². The Balaban J connectivity index is 1.94. The lowest BCUT2D eigenvalue weighted by Crippen LogP contribution is -2.30. The summed E-state index contributed by atoms with van der Waals surface area (Å²) < 4.78 is 5.53. The number of nitrogens with zero attached hydrogens (tertiary/aromatic N) is 2. The van der Waals surface area contributed by atoms with E-state index in [9.17, 15) is 4.79 Å². The largest absolute Gasteiger partial charge is 0.423 e. The van der Waals surface area contributed by atoms with Crippen molar-refractivity contribution in [1.29, 1.82) is 0 Å². The lowest BCUT2D eigenvalue weighted by molar-refractivity contribution is 0.0937. The van der Waals surface area contributed by atoms with E-state index in [0.717, 1.165) is 11.1 Å². The van der Waals surface area contributed by atoms with Gasteiger partial charge < -0.3 is 9.73 Å². The van der Waals surface area contributed by atoms with Crippen molar-refractivity contribution in [3.63, 3.8) is 0 Å². The number of carbonyl (C=O) groups excluding carboxylic acids is 1. The van der Waals surface area contributed by atoms with Gasteiger partial charge in [-0.3, -0.25) is 4.79 Å². The summed E-state index contributed by atoms with van der Waals surface area (Å²) in [4.78, 5) is 12.6. The Morgan fingerprint density at radius 2 is 1.70 bits per heavy atom. The van der Waals surface area contributed by atoms with Gasteiger partial charge in [0.2, 0.25) is 11.8 Å². The fourth-order valence-electron chi connectivity index (χ4n) is 2.40. The monoisotopic (exact) mass is 307 g/mol. The van der Waals surface area contributed by atoms with Crippen LogP contribution in [0.2, 0.25) is 0 Å². The van der Waals surface area contributed by atoms with Crippen LogP contribution in [-0.2, 0) is 0 Å². The van der Waals surface area contributed by atoms with Crippen LogP contribution in [0.15, 0.2) is 59.0 Å². The standard InChI is InChI=1S/C18H17N3O2/c1-12-8-6-7-11-15(12)17(22)19-16(14-9-4-3-5-10-14)18-21-20-13(2)23-18/h3-11,16H,1-2H3,(H,19,22). The van der Waals surface area contributed by atoms with Crippen LogP contribution >= 0.6 is 0 Å². The van der Waals surface area contributed by atoms with E-state index >= 15 is 0 Å². The van der Waals surface area contributed by atoms with Crippen LogP contribution in [0.5, 0.6) is 0 Å². The molecule has 116 valence electrons. The summed E-state index contributed by atoms with van der Waals surface area (Å²) in [5.41, 5.74) is 2.43. The molecule has 1 aromatic heterocycles. The summed E-state index contributed by atoms with van der Waals surface area (Å²) in [5.74, 6) is 0.662. The summed E-state index contributed by atoms with van der Waals surface area (Å²) >= 11 is 0. The molecule has 0 aliphatic carbocycles. The number of aromatic nitrogens is 2. The van der Waals surface area contributed by atoms with E-state index in [2.05, 4.69) is 15.5 Å². The summed E-state index contributed by atoms with van der Waals surface area (Å²) in [5, 5.41) is 10.9. The zero-order valence-corrected chi connectivity index (χ0v) is 13.0. The average molecular weight is 307 g/mol. The molecule has 0 radical (unpaired) electrons. The van der Waals surface area contributed by atoms with E-state index in [1.807, 2.05) is 55.5 Å². The van der Waals surface area contributed by atoms with Crippen LogP contribution in [0.3, 0.4) is 0 Å². The third kappa shape index (κ3) is 3.29. The SMILES string of the molecule is Cc1nnc(C(NC(=O)c2ccccc2C)c2ccccc2)o1. The average Bonchev–Trinajstić information content (AvgIpc) is 3.00. The van der Waals surface area contributed by atoms with Gasteiger partial charge in [0.25, 0.3) is 5.91 Å². The molecule has 3 aromatic rings. The maximum atomic E-state index is 12.6. The van der Waals surface area contributed by atoms with Gasteiger partial charge in [-0.1, -0.05) is 48.5 Å². The predicted octanol–water partition coefficient (Wildman–Crippen LogP) is 3.21. The van der Waals surface area contributed by atoms with E-state index in [4.69, 9.17) is 4.42 Å². The van der Waals surface area contributed by atoms with Crippen molar-refractivity contribution in [3.8, 4) is 0 Å². The normalized spacial score (nSPS) is 11.9. The van der Waals surface area contributed by atoms with Crippen molar-refractivity contribution in [2.24, 2.45) is 0 Å². The maximum Gasteiger partial charge on any atom is 0.252 e. The van der Waals surface area contributed by atoms with Gasteiger partial charge in [-0.2, -0.15) is 0 Å². The number of benzene rings is 2. The summed E-state index contributed by atoms with van der Waals surface area (Å²) in [6.07, 6.45) is 0. The van der Waals surface area contributed by atoms with Crippen LogP contribution in [0.25, 0.3) is 0 Å². The second-order valence-electron chi connectivity index (χ2n) is 5.29. The number of amides is 1. The molecule has 2 aromatic carbocycles. The number of hydrogen-bond acceptors (Lipinski definition) is 4. The van der Waals surface area contributed by atoms with Gasteiger partial charge in [0.1, 0.15) is 6.04 Å². The first-order valence-corrected chi connectivity index (χ1v) is 7.36. The Kier molecular flexibility index (Phi) is 4.19. The Bertz CT molecular complexity index is 812. The third-order valence-electron chi connectivity index (χ3n) is 3.59. The van der Waals surface area contributed by atoms with Gasteiger partial charge in [-0.05, 0) is 24.1 Å². The van der Waals surface area contributed by atoms with E-state index in [-0.39, 0.29) is 5.91 Å². The summed E-state index contributed by atoms with van der Waals surface area (Å²) in [6.45, 7) is 3.63. The predicted molar refractivity (Wildman–Crippen MR) is 86.0 cm³/mol. The molecule has 0 saturated carbocycles. The Labute approximate surface area is 134 Å². The smallest absolute Gasteiger partial charge is 0.252 e. The number of hydrogen-bond donors (Lipinski definition) is 1. The Morgan fingerprint density at radius 3 is 2.35 bits per heavy atom. The molecule has 0 aliphatic rings. The van der Waals surface area contributed by atoms with Crippen LogP contribution < -0.4 is 5.32 Å². The first-order valence-electron chi connectivity index (χ1n) is 7.36. The van der Waals surface area contributed by atoms with Gasteiger partial charge in [0, 0.05) is 12.5 Å². The topological polar surface area (TPSA) is 68.0 Å². The molecular weight excluding hydrogens is 290 g/mol. The zero-order valence-electron chi connectivity index (χ0n) is 13.0. The van der Waals surface area contributed by atoms with Crippen molar-refractivity contribution in [2.75, 3.05) is 0 Å². The quantitative estimate of drug-likeness (QED) is 0.803. The van der Waals surface area contributed by atoms with Crippen molar-refractivity contribution in [1.82, 2.24) is 15.5 Å². The van der Waals surface area contributed by atoms with Crippen molar-refractivity contribution >= 4 is 5.91 Å². The summed E-state index contributed by atoms with van der Waals surface area (Å²) in [7, 11) is 0. The van der Waals surface area contributed by atoms with E-state index in [1.165, 1.54) is 0 Å². The first kappa shape index (κ1) is 15.0. The number of aryl methyl sites for hydroxylation is 2. The minimum atomic E-state index is -0.482. The molecule has 1 N–H and O–H groups in total. The van der Waals surface area contributed by atoms with Crippen molar-refractivity contribution in [3.05, 3.63) is 83.1 Å².